The third-order valence-electron chi connectivity index (χ3n) is 3.07. The van der Waals surface area contributed by atoms with Crippen molar-refractivity contribution in [3.05, 3.63) is 29.3 Å². The molecule has 0 spiro atoms. The van der Waals surface area contributed by atoms with Crippen LogP contribution in [0.15, 0.2) is 18.2 Å². The van der Waals surface area contributed by atoms with Crippen LogP contribution in [-0.4, -0.2) is 26.0 Å². The van der Waals surface area contributed by atoms with E-state index in [0.717, 1.165) is 29.8 Å². The minimum Gasteiger partial charge on any atom is -0.374 e. The van der Waals surface area contributed by atoms with Crippen molar-refractivity contribution in [2.24, 2.45) is 0 Å². The summed E-state index contributed by atoms with van der Waals surface area (Å²) in [4.78, 5) is 1.96. The molecule has 1 aromatic carbocycles. The monoisotopic (exact) mass is 277 g/mol. The maximum atomic E-state index is 13.0. The van der Waals surface area contributed by atoms with Gasteiger partial charge in [0.2, 0.25) is 0 Å². The van der Waals surface area contributed by atoms with Gasteiger partial charge in [-0.15, -0.1) is 0 Å². The maximum absolute atomic E-state index is 13.0. The molecule has 0 bridgehead atoms. The number of alkyl halides is 3. The summed E-state index contributed by atoms with van der Waals surface area (Å²) in [5.41, 5.74) is 1.85. The highest BCUT2D eigenvalue weighted by Gasteiger charge is 2.44. The van der Waals surface area contributed by atoms with Crippen molar-refractivity contribution >= 4 is 17.7 Å². The summed E-state index contributed by atoms with van der Waals surface area (Å²) in [5.74, 6) is 0. The zero-order valence-electron chi connectivity index (χ0n) is 10.1. The van der Waals surface area contributed by atoms with Crippen molar-refractivity contribution in [2.75, 3.05) is 24.7 Å². The van der Waals surface area contributed by atoms with E-state index in [4.69, 9.17) is 4.18 Å². The smallest absolute Gasteiger partial charge is 0.374 e. The molecule has 0 aliphatic carbocycles. The number of rotatable bonds is 3. The van der Waals surface area contributed by atoms with E-state index in [1.165, 1.54) is 12.3 Å². The third kappa shape index (κ3) is 2.44. The Morgan fingerprint density at radius 2 is 2.11 bits per heavy atom. The van der Waals surface area contributed by atoms with E-state index in [1.54, 1.807) is 6.07 Å². The van der Waals surface area contributed by atoms with E-state index in [9.17, 15) is 13.2 Å². The number of hydrogen-bond acceptors (Lipinski definition) is 3. The molecular formula is C12H14F3NOS. The SMILES string of the molecule is CSOC(c1cccc2c1CCN2C)C(F)(F)F. The first-order valence-electron chi connectivity index (χ1n) is 5.54. The molecule has 1 aliphatic heterocycles. The first-order chi connectivity index (χ1) is 8.45. The molecule has 1 unspecified atom stereocenters. The molecule has 0 amide bonds. The Labute approximate surface area is 108 Å². The highest BCUT2D eigenvalue weighted by molar-refractivity contribution is 7.93. The zero-order chi connectivity index (χ0) is 13.3. The van der Waals surface area contributed by atoms with Gasteiger partial charge in [0, 0.05) is 25.5 Å². The summed E-state index contributed by atoms with van der Waals surface area (Å²) in [7, 11) is 1.88. The molecule has 0 saturated carbocycles. The predicted molar refractivity (Wildman–Crippen MR) is 66.8 cm³/mol. The van der Waals surface area contributed by atoms with Crippen molar-refractivity contribution in [1.29, 1.82) is 0 Å². The first kappa shape index (κ1) is 13.5. The first-order valence-corrected chi connectivity index (χ1v) is 6.69. The number of benzene rings is 1. The van der Waals surface area contributed by atoms with E-state index in [-0.39, 0.29) is 5.56 Å². The van der Waals surface area contributed by atoms with Gasteiger partial charge in [0.15, 0.2) is 6.10 Å². The van der Waals surface area contributed by atoms with Crippen LogP contribution in [0.2, 0.25) is 0 Å². The van der Waals surface area contributed by atoms with Crippen molar-refractivity contribution in [3.8, 4) is 0 Å². The molecule has 6 heteroatoms. The Morgan fingerprint density at radius 1 is 1.39 bits per heavy atom. The molecule has 1 atom stereocenters. The average molecular weight is 277 g/mol. The molecule has 2 nitrogen and oxygen atoms in total. The fourth-order valence-electron chi connectivity index (χ4n) is 2.25. The van der Waals surface area contributed by atoms with Gasteiger partial charge in [0.25, 0.3) is 0 Å². The average Bonchev–Trinajstić information content (AvgIpc) is 2.67. The van der Waals surface area contributed by atoms with Crippen LogP contribution >= 0.6 is 12.0 Å². The summed E-state index contributed by atoms with van der Waals surface area (Å²) < 4.78 is 43.8. The summed E-state index contributed by atoms with van der Waals surface area (Å²) >= 11 is 0.744. The van der Waals surface area contributed by atoms with Crippen LogP contribution in [0.25, 0.3) is 0 Å². The molecule has 0 radical (unpaired) electrons. The summed E-state index contributed by atoms with van der Waals surface area (Å²) in [6, 6.07) is 5.00. The van der Waals surface area contributed by atoms with Gasteiger partial charge in [0.05, 0.1) is 0 Å². The molecular weight excluding hydrogens is 263 g/mol. The van der Waals surface area contributed by atoms with E-state index in [2.05, 4.69) is 0 Å². The normalized spacial score (nSPS) is 16.8. The fourth-order valence-corrected chi connectivity index (χ4v) is 2.65. The van der Waals surface area contributed by atoms with Gasteiger partial charge in [-0.05, 0) is 35.7 Å². The maximum Gasteiger partial charge on any atom is 0.420 e. The lowest BCUT2D eigenvalue weighted by Crippen LogP contribution is -2.22. The minimum atomic E-state index is -4.39. The quantitative estimate of drug-likeness (QED) is 0.784. The summed E-state index contributed by atoms with van der Waals surface area (Å²) in [5, 5.41) is 0. The van der Waals surface area contributed by atoms with Crippen molar-refractivity contribution in [3.63, 3.8) is 0 Å². The molecule has 0 N–H and O–H groups in total. The molecule has 18 heavy (non-hydrogen) atoms. The number of fused-ring (bicyclic) bond motifs is 1. The zero-order valence-corrected chi connectivity index (χ0v) is 10.9. The van der Waals surface area contributed by atoms with Gasteiger partial charge >= 0.3 is 6.18 Å². The van der Waals surface area contributed by atoms with Crippen LogP contribution in [0.3, 0.4) is 0 Å². The highest BCUT2D eigenvalue weighted by atomic mass is 32.2. The highest BCUT2D eigenvalue weighted by Crippen LogP contribution is 2.42. The van der Waals surface area contributed by atoms with Gasteiger partial charge in [-0.2, -0.15) is 13.2 Å². The standard InChI is InChI=1S/C12H14F3NOS/c1-16-7-6-8-9(4-3-5-10(8)16)11(17-18-2)12(13,14)15/h3-5,11H,6-7H2,1-2H3. The molecule has 2 rings (SSSR count). The predicted octanol–water partition coefficient (Wildman–Crippen LogP) is 3.58. The topological polar surface area (TPSA) is 12.5 Å². The molecule has 0 fully saturated rings. The number of hydrogen-bond donors (Lipinski definition) is 0. The second-order valence-electron chi connectivity index (χ2n) is 4.20. The lowest BCUT2D eigenvalue weighted by molar-refractivity contribution is -0.194. The van der Waals surface area contributed by atoms with Crippen LogP contribution in [-0.2, 0) is 10.6 Å². The molecule has 1 heterocycles. The number of likely N-dealkylation sites (N-methyl/N-ethyl adjacent to an activating group) is 1. The summed E-state index contributed by atoms with van der Waals surface area (Å²) in [6.07, 6.45) is -4.12. The largest absolute Gasteiger partial charge is 0.420 e. The summed E-state index contributed by atoms with van der Waals surface area (Å²) in [6.45, 7) is 0.746. The van der Waals surface area contributed by atoms with Gasteiger partial charge in [-0.1, -0.05) is 12.1 Å². The number of anilines is 1. The van der Waals surface area contributed by atoms with Crippen LogP contribution in [0, 0.1) is 0 Å². The third-order valence-corrected chi connectivity index (χ3v) is 3.45. The molecule has 100 valence electrons. The Bertz CT molecular complexity index is 436. The Kier molecular flexibility index (Phi) is 3.77. The van der Waals surface area contributed by atoms with E-state index < -0.39 is 12.3 Å². The molecule has 0 saturated heterocycles. The van der Waals surface area contributed by atoms with Crippen LogP contribution in [0.1, 0.15) is 17.2 Å². The second-order valence-corrected chi connectivity index (χ2v) is 4.73. The van der Waals surface area contributed by atoms with Crippen LogP contribution in [0.4, 0.5) is 18.9 Å². The van der Waals surface area contributed by atoms with Crippen LogP contribution in [0.5, 0.6) is 0 Å². The number of halogens is 3. The Hall–Kier alpha value is -0.880. The minimum absolute atomic E-state index is 0.235. The lowest BCUT2D eigenvalue weighted by Gasteiger charge is -2.22. The van der Waals surface area contributed by atoms with E-state index in [0.29, 0.717) is 6.42 Å². The van der Waals surface area contributed by atoms with Gasteiger partial charge in [-0.25, -0.2) is 0 Å². The fraction of sp³-hybridized carbons (Fsp3) is 0.500. The second kappa shape index (κ2) is 5.01. The molecule has 1 aliphatic rings. The van der Waals surface area contributed by atoms with Crippen LogP contribution < -0.4 is 4.90 Å². The van der Waals surface area contributed by atoms with Crippen molar-refractivity contribution < 1.29 is 17.4 Å². The molecule has 0 aromatic heterocycles. The lowest BCUT2D eigenvalue weighted by atomic mass is 10.00. The van der Waals surface area contributed by atoms with Crippen molar-refractivity contribution in [1.82, 2.24) is 0 Å². The van der Waals surface area contributed by atoms with Gasteiger partial charge in [0.1, 0.15) is 0 Å². The number of nitrogens with zero attached hydrogens (tertiary/aromatic N) is 1. The molecule has 1 aromatic rings. The Morgan fingerprint density at radius 3 is 2.72 bits per heavy atom. The Balaban J connectivity index is 2.43. The van der Waals surface area contributed by atoms with E-state index in [1.807, 2.05) is 18.0 Å². The van der Waals surface area contributed by atoms with E-state index >= 15 is 0 Å². The van der Waals surface area contributed by atoms with Gasteiger partial charge in [-0.3, -0.25) is 4.18 Å². The van der Waals surface area contributed by atoms with Crippen molar-refractivity contribution in [2.45, 2.75) is 18.7 Å². The van der Waals surface area contributed by atoms with Gasteiger partial charge < -0.3 is 4.90 Å².